The molecule has 1 amide bonds. The van der Waals surface area contributed by atoms with E-state index in [0.29, 0.717) is 18.8 Å². The van der Waals surface area contributed by atoms with Crippen molar-refractivity contribution in [3.05, 3.63) is 71.9 Å². The first-order valence-electron chi connectivity index (χ1n) is 13.0. The Hall–Kier alpha value is -2.90. The smallest absolute Gasteiger partial charge is 0.407 e. The summed E-state index contributed by atoms with van der Waals surface area (Å²) < 4.78 is 16.3. The number of rotatable bonds is 10. The largest absolute Gasteiger partial charge is 0.455 e. The summed E-state index contributed by atoms with van der Waals surface area (Å²) >= 11 is 0. The summed E-state index contributed by atoms with van der Waals surface area (Å²) in [6.45, 7) is 10.1. The van der Waals surface area contributed by atoms with Gasteiger partial charge < -0.3 is 24.6 Å². The van der Waals surface area contributed by atoms with Crippen molar-refractivity contribution >= 4 is 12.1 Å². The standard InChI is InChI=1S/C30H43NO6/c1-7-10-27-23(5)26(32)19-28(37-27)25(31-30(34)35-6)13-8-11-20(2)17-22(4)18-21(3)15-16-24-12-9-14-29(33)36-24/h7-11,13-16,18,22-28,32H,12,17,19H2,1-6H3,(H,31,34)/b10-7+,13-8+,16-15+,20-11+,21-18-/t22-,23+,24-,25?,26-,27+,28+/m1/s1. The van der Waals surface area contributed by atoms with Gasteiger partial charge in [0, 0.05) is 24.8 Å². The summed E-state index contributed by atoms with van der Waals surface area (Å²) in [7, 11) is 1.33. The molecular weight excluding hydrogens is 470 g/mol. The predicted octanol–water partition coefficient (Wildman–Crippen LogP) is 5.34. The molecule has 204 valence electrons. The van der Waals surface area contributed by atoms with E-state index < -0.39 is 18.2 Å². The number of ether oxygens (including phenoxy) is 3. The molecule has 2 heterocycles. The van der Waals surface area contributed by atoms with Gasteiger partial charge in [-0.05, 0) is 39.2 Å². The van der Waals surface area contributed by atoms with Crippen molar-refractivity contribution in [2.45, 2.75) is 84.3 Å². The monoisotopic (exact) mass is 513 g/mol. The molecule has 37 heavy (non-hydrogen) atoms. The molecule has 0 bridgehead atoms. The van der Waals surface area contributed by atoms with Crippen molar-refractivity contribution in [2.75, 3.05) is 7.11 Å². The number of alkyl carbamates (subject to hydrolysis) is 1. The molecule has 2 aliphatic rings. The molecule has 0 aromatic heterocycles. The van der Waals surface area contributed by atoms with E-state index in [4.69, 9.17) is 14.2 Å². The molecule has 0 aromatic rings. The topological polar surface area (TPSA) is 94.1 Å². The summed E-state index contributed by atoms with van der Waals surface area (Å²) in [4.78, 5) is 23.3. The summed E-state index contributed by atoms with van der Waals surface area (Å²) in [6, 6.07) is -0.445. The van der Waals surface area contributed by atoms with Gasteiger partial charge in [-0.1, -0.05) is 73.6 Å². The average Bonchev–Trinajstić information content (AvgIpc) is 2.84. The lowest BCUT2D eigenvalue weighted by Gasteiger charge is -2.39. The highest BCUT2D eigenvalue weighted by atomic mass is 16.5. The molecule has 0 radical (unpaired) electrons. The fourth-order valence-corrected chi connectivity index (χ4v) is 4.55. The number of cyclic esters (lactones) is 1. The number of nitrogens with one attached hydrogen (secondary N) is 1. The van der Waals surface area contributed by atoms with Crippen LogP contribution in [0.4, 0.5) is 4.79 Å². The molecular formula is C30H43NO6. The Kier molecular flexibility index (Phi) is 12.6. The first-order valence-corrected chi connectivity index (χ1v) is 13.0. The Morgan fingerprint density at radius 2 is 2.08 bits per heavy atom. The zero-order valence-electron chi connectivity index (χ0n) is 22.9. The van der Waals surface area contributed by atoms with E-state index in [2.05, 4.69) is 25.2 Å². The van der Waals surface area contributed by atoms with E-state index in [9.17, 15) is 14.7 Å². The first kappa shape index (κ1) is 30.3. The number of carbonyl (C=O) groups is 2. The van der Waals surface area contributed by atoms with E-state index in [-0.39, 0.29) is 30.2 Å². The predicted molar refractivity (Wildman–Crippen MR) is 146 cm³/mol. The second-order valence-corrected chi connectivity index (χ2v) is 9.95. The first-order chi connectivity index (χ1) is 17.6. The minimum Gasteiger partial charge on any atom is -0.455 e. The van der Waals surface area contributed by atoms with Gasteiger partial charge in [-0.15, -0.1) is 0 Å². The highest BCUT2D eigenvalue weighted by Gasteiger charge is 2.37. The van der Waals surface area contributed by atoms with Crippen LogP contribution in [-0.4, -0.2) is 54.7 Å². The van der Waals surface area contributed by atoms with Gasteiger partial charge in [0.05, 0.1) is 31.5 Å². The number of methoxy groups -OCH3 is 1. The van der Waals surface area contributed by atoms with Crippen LogP contribution in [0.15, 0.2) is 71.9 Å². The Labute approximate surface area is 221 Å². The van der Waals surface area contributed by atoms with Gasteiger partial charge in [-0.25, -0.2) is 9.59 Å². The molecule has 1 saturated heterocycles. The maximum absolute atomic E-state index is 12.0. The van der Waals surface area contributed by atoms with E-state index in [1.807, 2.05) is 69.4 Å². The minimum absolute atomic E-state index is 0.0280. The number of amides is 1. The van der Waals surface area contributed by atoms with Crippen molar-refractivity contribution < 1.29 is 28.9 Å². The lowest BCUT2D eigenvalue weighted by Crippen LogP contribution is -2.51. The average molecular weight is 514 g/mol. The van der Waals surface area contributed by atoms with E-state index in [1.165, 1.54) is 18.8 Å². The van der Waals surface area contributed by atoms with E-state index in [0.717, 1.165) is 12.0 Å². The summed E-state index contributed by atoms with van der Waals surface area (Å²) in [5.74, 6) is -0.0150. The molecule has 7 heteroatoms. The lowest BCUT2D eigenvalue weighted by molar-refractivity contribution is -0.141. The van der Waals surface area contributed by atoms with Gasteiger partial charge in [0.25, 0.3) is 0 Å². The van der Waals surface area contributed by atoms with Crippen molar-refractivity contribution in [1.82, 2.24) is 5.32 Å². The number of esters is 1. The molecule has 1 fully saturated rings. The Morgan fingerprint density at radius 3 is 2.76 bits per heavy atom. The summed E-state index contributed by atoms with van der Waals surface area (Å²) in [6.07, 6.45) is 19.2. The van der Waals surface area contributed by atoms with Crippen molar-refractivity contribution in [2.24, 2.45) is 11.8 Å². The quantitative estimate of drug-likeness (QED) is 0.233. The highest BCUT2D eigenvalue weighted by molar-refractivity contribution is 5.82. The van der Waals surface area contributed by atoms with Gasteiger partial charge in [-0.3, -0.25) is 0 Å². The third kappa shape index (κ3) is 10.5. The zero-order valence-corrected chi connectivity index (χ0v) is 22.9. The number of hydrogen-bond donors (Lipinski definition) is 2. The van der Waals surface area contributed by atoms with Crippen LogP contribution in [0, 0.1) is 11.8 Å². The van der Waals surface area contributed by atoms with Crippen LogP contribution in [0.25, 0.3) is 0 Å². The molecule has 2 rings (SSSR count). The van der Waals surface area contributed by atoms with Crippen molar-refractivity contribution in [3.63, 3.8) is 0 Å². The van der Waals surface area contributed by atoms with Gasteiger partial charge in [0.2, 0.25) is 0 Å². The molecule has 1 unspecified atom stereocenters. The lowest BCUT2D eigenvalue weighted by atomic mass is 9.87. The highest BCUT2D eigenvalue weighted by Crippen LogP contribution is 2.28. The molecule has 0 aliphatic carbocycles. The van der Waals surface area contributed by atoms with Crippen LogP contribution < -0.4 is 5.32 Å². The normalized spacial score (nSPS) is 29.1. The zero-order chi connectivity index (χ0) is 27.4. The maximum Gasteiger partial charge on any atom is 0.407 e. The Bertz CT molecular complexity index is 944. The van der Waals surface area contributed by atoms with Crippen LogP contribution in [0.2, 0.25) is 0 Å². The van der Waals surface area contributed by atoms with Crippen LogP contribution >= 0.6 is 0 Å². The molecule has 0 saturated carbocycles. The SMILES string of the molecule is C/C=C/[C@@H]1O[C@H](C(/C=C/C=C(\C)C[C@@H](C)/C=C(C)\C=C\[C@H]2CC=CC(=O)O2)NC(=O)OC)C[C@@H](O)[C@@H]1C. The van der Waals surface area contributed by atoms with Gasteiger partial charge in [0.1, 0.15) is 6.10 Å². The summed E-state index contributed by atoms with van der Waals surface area (Å²) in [5, 5.41) is 13.4. The Morgan fingerprint density at radius 1 is 1.32 bits per heavy atom. The van der Waals surface area contributed by atoms with Crippen LogP contribution in [-0.2, 0) is 19.0 Å². The molecule has 7 atom stereocenters. The molecule has 0 aromatic carbocycles. The van der Waals surface area contributed by atoms with Crippen LogP contribution in [0.3, 0.4) is 0 Å². The minimum atomic E-state index is -0.545. The molecule has 2 aliphatic heterocycles. The number of allylic oxidation sites excluding steroid dienone is 7. The number of aliphatic hydroxyl groups excluding tert-OH is 1. The second kappa shape index (κ2) is 15.4. The third-order valence-corrected chi connectivity index (χ3v) is 6.54. The van der Waals surface area contributed by atoms with Crippen LogP contribution in [0.5, 0.6) is 0 Å². The van der Waals surface area contributed by atoms with Crippen LogP contribution in [0.1, 0.15) is 53.9 Å². The van der Waals surface area contributed by atoms with E-state index >= 15 is 0 Å². The number of aliphatic hydroxyl groups is 1. The maximum atomic E-state index is 12.0. The van der Waals surface area contributed by atoms with Crippen molar-refractivity contribution in [3.8, 4) is 0 Å². The number of carbonyl (C=O) groups excluding carboxylic acids is 2. The van der Waals surface area contributed by atoms with Gasteiger partial charge in [0.15, 0.2) is 0 Å². The fraction of sp³-hybridized carbons (Fsp3) is 0.533. The van der Waals surface area contributed by atoms with Crippen molar-refractivity contribution in [1.29, 1.82) is 0 Å². The molecule has 2 N–H and O–H groups in total. The fourth-order valence-electron chi connectivity index (χ4n) is 4.55. The van der Waals surface area contributed by atoms with Gasteiger partial charge in [-0.2, -0.15) is 0 Å². The Balaban J connectivity index is 2.00. The number of hydrogen-bond acceptors (Lipinski definition) is 6. The summed E-state index contributed by atoms with van der Waals surface area (Å²) in [5.41, 5.74) is 2.30. The molecule has 7 nitrogen and oxygen atoms in total. The third-order valence-electron chi connectivity index (χ3n) is 6.54. The second-order valence-electron chi connectivity index (χ2n) is 9.95. The van der Waals surface area contributed by atoms with E-state index in [1.54, 1.807) is 0 Å². The molecule has 0 spiro atoms. The van der Waals surface area contributed by atoms with Gasteiger partial charge >= 0.3 is 12.1 Å².